The molecule has 0 unspecified atom stereocenters. The first-order valence-electron chi connectivity index (χ1n) is 8.30. The molecule has 2 N–H and O–H groups in total. The van der Waals surface area contributed by atoms with Crippen molar-refractivity contribution in [3.63, 3.8) is 0 Å². The SMILES string of the molecule is Cc1nc(C)c(C(=O)Nc2ccc(C)c(S(=O)(=O)Nc3ccc(Br)cc3)c2)s1. The summed E-state index contributed by atoms with van der Waals surface area (Å²) in [6.07, 6.45) is 0. The fourth-order valence-corrected chi connectivity index (χ4v) is 5.04. The van der Waals surface area contributed by atoms with Crippen LogP contribution in [0.3, 0.4) is 0 Å². The molecule has 3 rings (SSSR count). The van der Waals surface area contributed by atoms with Crippen LogP contribution in [0.4, 0.5) is 11.4 Å². The number of sulfonamides is 1. The number of carbonyl (C=O) groups is 1. The Bertz CT molecular complexity index is 1140. The van der Waals surface area contributed by atoms with Crippen molar-refractivity contribution in [3.05, 3.63) is 68.1 Å². The maximum atomic E-state index is 12.8. The molecular formula is C19H18BrN3O3S2. The summed E-state index contributed by atoms with van der Waals surface area (Å²) in [4.78, 5) is 17.4. The number of amides is 1. The van der Waals surface area contributed by atoms with Gasteiger partial charge in [0.25, 0.3) is 15.9 Å². The largest absolute Gasteiger partial charge is 0.321 e. The zero-order chi connectivity index (χ0) is 20.5. The minimum absolute atomic E-state index is 0.102. The molecule has 0 saturated heterocycles. The van der Waals surface area contributed by atoms with Crippen molar-refractivity contribution in [3.8, 4) is 0 Å². The third-order valence-corrected chi connectivity index (χ3v) is 7.07. The Morgan fingerprint density at radius 1 is 1.04 bits per heavy atom. The molecule has 0 spiro atoms. The minimum Gasteiger partial charge on any atom is -0.321 e. The van der Waals surface area contributed by atoms with Gasteiger partial charge in [0.2, 0.25) is 0 Å². The molecule has 3 aromatic rings. The van der Waals surface area contributed by atoms with Crippen molar-refractivity contribution < 1.29 is 13.2 Å². The number of rotatable bonds is 5. The second-order valence-electron chi connectivity index (χ2n) is 6.19. The standard InChI is InChI=1S/C19H18BrN3O3S2/c1-11-4-7-16(22-19(24)18-12(2)21-13(3)27-18)10-17(11)28(25,26)23-15-8-5-14(20)6-9-15/h4-10,23H,1-3H3,(H,22,24). The van der Waals surface area contributed by atoms with E-state index in [-0.39, 0.29) is 10.8 Å². The van der Waals surface area contributed by atoms with E-state index in [1.807, 2.05) is 6.92 Å². The van der Waals surface area contributed by atoms with Crippen LogP contribution in [0.25, 0.3) is 0 Å². The van der Waals surface area contributed by atoms with Crippen LogP contribution in [0.1, 0.15) is 25.9 Å². The predicted molar refractivity (Wildman–Crippen MR) is 116 cm³/mol. The number of aromatic nitrogens is 1. The number of anilines is 2. The quantitative estimate of drug-likeness (QED) is 0.545. The van der Waals surface area contributed by atoms with Crippen molar-refractivity contribution in [1.29, 1.82) is 0 Å². The lowest BCUT2D eigenvalue weighted by molar-refractivity contribution is 0.102. The molecule has 0 atom stereocenters. The van der Waals surface area contributed by atoms with Crippen LogP contribution in [0.15, 0.2) is 51.8 Å². The van der Waals surface area contributed by atoms with Crippen LogP contribution < -0.4 is 10.0 Å². The number of hydrogen-bond donors (Lipinski definition) is 2. The highest BCUT2D eigenvalue weighted by Crippen LogP contribution is 2.25. The van der Waals surface area contributed by atoms with Crippen molar-refractivity contribution >= 4 is 54.6 Å². The van der Waals surface area contributed by atoms with Gasteiger partial charge in [-0.25, -0.2) is 13.4 Å². The van der Waals surface area contributed by atoms with Crippen molar-refractivity contribution in [2.24, 2.45) is 0 Å². The van der Waals surface area contributed by atoms with E-state index in [1.54, 1.807) is 50.2 Å². The Labute approximate surface area is 176 Å². The highest BCUT2D eigenvalue weighted by Gasteiger charge is 2.19. The van der Waals surface area contributed by atoms with Crippen LogP contribution in [0.2, 0.25) is 0 Å². The van der Waals surface area contributed by atoms with Gasteiger partial charge < -0.3 is 5.32 Å². The molecule has 0 bridgehead atoms. The lowest BCUT2D eigenvalue weighted by atomic mass is 10.2. The van der Waals surface area contributed by atoms with E-state index in [0.717, 1.165) is 9.48 Å². The number of carbonyl (C=O) groups excluding carboxylic acids is 1. The Hall–Kier alpha value is -2.23. The molecule has 1 amide bonds. The lowest BCUT2D eigenvalue weighted by Gasteiger charge is -2.13. The summed E-state index contributed by atoms with van der Waals surface area (Å²) in [6.45, 7) is 5.31. The van der Waals surface area contributed by atoms with Crippen LogP contribution in [-0.2, 0) is 10.0 Å². The highest BCUT2D eigenvalue weighted by molar-refractivity contribution is 9.10. The fraction of sp³-hybridized carbons (Fsp3) is 0.158. The van der Waals surface area contributed by atoms with Crippen molar-refractivity contribution in [2.45, 2.75) is 25.7 Å². The normalized spacial score (nSPS) is 11.3. The van der Waals surface area contributed by atoms with Crippen molar-refractivity contribution in [2.75, 3.05) is 10.0 Å². The predicted octanol–water partition coefficient (Wildman–Crippen LogP) is 4.88. The Morgan fingerprint density at radius 3 is 2.29 bits per heavy atom. The van der Waals surface area contributed by atoms with E-state index in [9.17, 15) is 13.2 Å². The zero-order valence-corrected chi connectivity index (χ0v) is 18.6. The van der Waals surface area contributed by atoms with E-state index >= 15 is 0 Å². The monoisotopic (exact) mass is 479 g/mol. The molecule has 1 aromatic heterocycles. The average molecular weight is 480 g/mol. The number of hydrogen-bond acceptors (Lipinski definition) is 5. The van der Waals surface area contributed by atoms with Gasteiger partial charge in [-0.15, -0.1) is 11.3 Å². The van der Waals surface area contributed by atoms with Gasteiger partial charge >= 0.3 is 0 Å². The van der Waals surface area contributed by atoms with E-state index in [1.165, 1.54) is 17.4 Å². The van der Waals surface area contributed by atoms with Gasteiger partial charge in [-0.2, -0.15) is 0 Å². The maximum Gasteiger partial charge on any atom is 0.267 e. The molecular weight excluding hydrogens is 462 g/mol. The molecule has 0 aliphatic heterocycles. The fourth-order valence-electron chi connectivity index (χ4n) is 2.63. The molecule has 0 fully saturated rings. The molecule has 146 valence electrons. The second kappa shape index (κ2) is 8.02. The summed E-state index contributed by atoms with van der Waals surface area (Å²) in [6, 6.07) is 11.6. The molecule has 28 heavy (non-hydrogen) atoms. The number of nitrogens with zero attached hydrogens (tertiary/aromatic N) is 1. The topological polar surface area (TPSA) is 88.2 Å². The van der Waals surface area contributed by atoms with E-state index < -0.39 is 10.0 Å². The number of nitrogens with one attached hydrogen (secondary N) is 2. The van der Waals surface area contributed by atoms with Gasteiger partial charge in [-0.3, -0.25) is 9.52 Å². The average Bonchev–Trinajstić information content (AvgIpc) is 2.97. The molecule has 0 aliphatic rings. The molecule has 0 saturated carbocycles. The number of thiazole rings is 1. The van der Waals surface area contributed by atoms with Crippen LogP contribution in [-0.4, -0.2) is 19.3 Å². The van der Waals surface area contributed by atoms with E-state index in [4.69, 9.17) is 0 Å². The Kier molecular flexibility index (Phi) is 5.87. The summed E-state index contributed by atoms with van der Waals surface area (Å²) in [5, 5.41) is 3.56. The molecule has 1 heterocycles. The lowest BCUT2D eigenvalue weighted by Crippen LogP contribution is -2.16. The first-order valence-corrected chi connectivity index (χ1v) is 11.4. The van der Waals surface area contributed by atoms with Gasteiger partial charge in [-0.1, -0.05) is 22.0 Å². The molecule has 0 radical (unpaired) electrons. The number of benzene rings is 2. The molecule has 2 aromatic carbocycles. The highest BCUT2D eigenvalue weighted by atomic mass is 79.9. The summed E-state index contributed by atoms with van der Waals surface area (Å²) in [5.74, 6) is -0.309. The second-order valence-corrected chi connectivity index (χ2v) is 9.96. The minimum atomic E-state index is -3.81. The van der Waals surface area contributed by atoms with Gasteiger partial charge in [0.05, 0.1) is 15.6 Å². The third-order valence-electron chi connectivity index (χ3n) is 3.94. The summed E-state index contributed by atoms with van der Waals surface area (Å²) in [5.41, 5.74) is 2.08. The third kappa shape index (κ3) is 4.60. The summed E-state index contributed by atoms with van der Waals surface area (Å²) < 4.78 is 29.1. The first-order chi connectivity index (χ1) is 13.2. The van der Waals surface area contributed by atoms with Crippen LogP contribution in [0, 0.1) is 20.8 Å². The first kappa shape index (κ1) is 20.5. The molecule has 0 aliphatic carbocycles. The van der Waals surface area contributed by atoms with Crippen LogP contribution in [0.5, 0.6) is 0 Å². The zero-order valence-electron chi connectivity index (χ0n) is 15.4. The van der Waals surface area contributed by atoms with Gasteiger partial charge in [0.15, 0.2) is 0 Å². The van der Waals surface area contributed by atoms with Crippen LogP contribution >= 0.6 is 27.3 Å². The van der Waals surface area contributed by atoms with Gasteiger partial charge in [0.1, 0.15) is 4.88 Å². The molecule has 6 nitrogen and oxygen atoms in total. The maximum absolute atomic E-state index is 12.8. The number of halogens is 1. The van der Waals surface area contributed by atoms with E-state index in [2.05, 4.69) is 31.0 Å². The summed E-state index contributed by atoms with van der Waals surface area (Å²) >= 11 is 4.62. The smallest absolute Gasteiger partial charge is 0.267 e. The molecule has 9 heteroatoms. The Morgan fingerprint density at radius 2 is 1.68 bits per heavy atom. The van der Waals surface area contributed by atoms with Gasteiger partial charge in [-0.05, 0) is 62.7 Å². The van der Waals surface area contributed by atoms with Gasteiger partial charge in [0, 0.05) is 15.8 Å². The van der Waals surface area contributed by atoms with Crippen molar-refractivity contribution in [1.82, 2.24) is 4.98 Å². The van der Waals surface area contributed by atoms with E-state index in [0.29, 0.717) is 27.5 Å². The number of aryl methyl sites for hydroxylation is 3. The Balaban J connectivity index is 1.87. The summed E-state index contributed by atoms with van der Waals surface area (Å²) in [7, 11) is -3.81.